The zero-order chi connectivity index (χ0) is 22.2. The van der Waals surface area contributed by atoms with E-state index in [9.17, 15) is 9.18 Å². The molecular weight excluding hydrogens is 365 g/mol. The normalized spacial score (nSPS) is 18.6. The molecule has 0 unspecified atom stereocenters. The van der Waals surface area contributed by atoms with E-state index in [1.54, 1.807) is 18.9 Å². The Bertz CT molecular complexity index is 698. The van der Waals surface area contributed by atoms with Crippen molar-refractivity contribution >= 4 is 11.7 Å². The van der Waals surface area contributed by atoms with E-state index in [0.29, 0.717) is 43.2 Å². The van der Waals surface area contributed by atoms with Gasteiger partial charge >= 0.3 is 0 Å². The quantitative estimate of drug-likeness (QED) is 0.524. The molecule has 1 amide bonds. The van der Waals surface area contributed by atoms with Crippen LogP contribution in [-0.2, 0) is 0 Å². The molecule has 29 heavy (non-hydrogen) atoms. The Morgan fingerprint density at radius 3 is 2.14 bits per heavy atom. The topological polar surface area (TPSA) is 58.7 Å². The van der Waals surface area contributed by atoms with Crippen molar-refractivity contribution in [2.45, 2.75) is 85.2 Å². The smallest absolute Gasteiger partial charge is 0.254 e. The Labute approximate surface area is 176 Å². The lowest BCUT2D eigenvalue weighted by Gasteiger charge is -2.35. The van der Waals surface area contributed by atoms with Crippen LogP contribution < -0.4 is 5.73 Å². The number of halogens is 1. The number of amides is 1. The Balaban J connectivity index is 0.000000989. The highest BCUT2D eigenvalue weighted by Gasteiger charge is 2.33. The average Bonchev–Trinajstić information content (AvgIpc) is 2.69. The molecule has 1 saturated carbocycles. The molecule has 2 N–H and O–H groups in total. The van der Waals surface area contributed by atoms with Crippen molar-refractivity contribution in [3.05, 3.63) is 34.4 Å². The number of rotatable bonds is 3. The van der Waals surface area contributed by atoms with Crippen LogP contribution in [0.4, 0.5) is 4.39 Å². The van der Waals surface area contributed by atoms with Crippen LogP contribution in [0.15, 0.2) is 17.1 Å². The van der Waals surface area contributed by atoms with E-state index >= 15 is 0 Å². The number of alkyl halides is 1. The van der Waals surface area contributed by atoms with Gasteiger partial charge in [0.25, 0.3) is 5.91 Å². The van der Waals surface area contributed by atoms with Crippen LogP contribution in [0.5, 0.6) is 0 Å². The molecule has 1 aliphatic heterocycles. The summed E-state index contributed by atoms with van der Waals surface area (Å²) in [7, 11) is 1.67. The maximum Gasteiger partial charge on any atom is 0.254 e. The van der Waals surface area contributed by atoms with Gasteiger partial charge in [-0.05, 0) is 62.6 Å². The monoisotopic (exact) mass is 405 g/mol. The minimum atomic E-state index is -1.16. The van der Waals surface area contributed by atoms with Gasteiger partial charge in [0.05, 0.1) is 0 Å². The summed E-state index contributed by atoms with van der Waals surface area (Å²) in [6.45, 7) is 12.5. The van der Waals surface area contributed by atoms with Crippen molar-refractivity contribution in [1.82, 2.24) is 4.90 Å². The summed E-state index contributed by atoms with van der Waals surface area (Å²) in [5, 5.41) is 0. The van der Waals surface area contributed by atoms with E-state index in [0.717, 1.165) is 24.0 Å². The molecule has 1 heterocycles. The first kappa shape index (κ1) is 25.1. The molecule has 164 valence electrons. The van der Waals surface area contributed by atoms with Crippen LogP contribution >= 0.6 is 0 Å². The van der Waals surface area contributed by atoms with Crippen molar-refractivity contribution in [2.75, 3.05) is 20.1 Å². The summed E-state index contributed by atoms with van der Waals surface area (Å²) in [5.74, 6) is 0.963. The zero-order valence-corrected chi connectivity index (χ0v) is 19.4. The van der Waals surface area contributed by atoms with Crippen LogP contribution in [-0.4, -0.2) is 42.4 Å². The number of aryl methyl sites for hydroxylation is 1. The maximum atomic E-state index is 14.0. The number of carbonyl (C=O) groups is 1. The highest BCUT2D eigenvalue weighted by atomic mass is 19.1. The predicted octanol–water partition coefficient (Wildman–Crippen LogP) is 5.61. The molecule has 4 nitrogen and oxygen atoms in total. The van der Waals surface area contributed by atoms with Gasteiger partial charge in [-0.3, -0.25) is 9.79 Å². The number of likely N-dealkylation sites (tertiary alicyclic amines) is 1. The lowest BCUT2D eigenvalue weighted by molar-refractivity contribution is 0.0503. The number of amidine groups is 1. The third-order valence-corrected chi connectivity index (χ3v) is 5.78. The molecule has 1 aromatic carbocycles. The molecule has 3 rings (SSSR count). The molecule has 0 aromatic heterocycles. The molecule has 0 spiro atoms. The number of hydrogen-bond acceptors (Lipinski definition) is 2. The van der Waals surface area contributed by atoms with Gasteiger partial charge in [-0.2, -0.15) is 0 Å². The number of nitrogens with two attached hydrogens (primary N) is 1. The molecule has 1 aliphatic carbocycles. The second-order valence-corrected chi connectivity index (χ2v) is 7.70. The van der Waals surface area contributed by atoms with Crippen molar-refractivity contribution < 1.29 is 9.18 Å². The number of aliphatic imine (C=N–C) groups is 1. The van der Waals surface area contributed by atoms with Gasteiger partial charge in [0.1, 0.15) is 11.5 Å². The predicted molar refractivity (Wildman–Crippen MR) is 122 cm³/mol. The largest absolute Gasteiger partial charge is 0.384 e. The molecule has 1 saturated heterocycles. The van der Waals surface area contributed by atoms with Crippen LogP contribution in [0.3, 0.4) is 0 Å². The summed E-state index contributed by atoms with van der Waals surface area (Å²) in [5.41, 5.74) is 8.67. The molecule has 2 aliphatic rings. The van der Waals surface area contributed by atoms with Gasteiger partial charge in [-0.1, -0.05) is 40.2 Å². The first-order valence-corrected chi connectivity index (χ1v) is 11.2. The van der Waals surface area contributed by atoms with Gasteiger partial charge in [-0.15, -0.1) is 0 Å². The minimum Gasteiger partial charge on any atom is -0.384 e. The molecule has 5 heteroatoms. The van der Waals surface area contributed by atoms with Gasteiger partial charge in [0.15, 0.2) is 0 Å². The Morgan fingerprint density at radius 2 is 1.69 bits per heavy atom. The van der Waals surface area contributed by atoms with Crippen LogP contribution in [0.1, 0.15) is 99.7 Å². The second kappa shape index (κ2) is 11.3. The lowest BCUT2D eigenvalue weighted by Crippen LogP contribution is -2.43. The maximum absolute atomic E-state index is 14.0. The number of piperidine rings is 1. The van der Waals surface area contributed by atoms with Gasteiger partial charge < -0.3 is 10.6 Å². The van der Waals surface area contributed by atoms with Gasteiger partial charge in [0.2, 0.25) is 0 Å². The fraction of sp³-hybridized carbons (Fsp3) is 0.667. The van der Waals surface area contributed by atoms with Gasteiger partial charge in [0, 0.05) is 31.3 Å². The van der Waals surface area contributed by atoms with E-state index in [1.807, 2.05) is 40.7 Å². The van der Waals surface area contributed by atoms with Crippen molar-refractivity contribution in [3.63, 3.8) is 0 Å². The molecular formula is C24H40FN3O. The lowest BCUT2D eigenvalue weighted by atomic mass is 9.77. The number of hydrogen-bond donors (Lipinski definition) is 1. The fourth-order valence-electron chi connectivity index (χ4n) is 3.71. The summed E-state index contributed by atoms with van der Waals surface area (Å²) in [6.07, 6.45) is 4.35. The number of benzene rings is 1. The van der Waals surface area contributed by atoms with Crippen LogP contribution in [0.2, 0.25) is 0 Å². The third kappa shape index (κ3) is 6.03. The summed E-state index contributed by atoms with van der Waals surface area (Å²) in [6, 6.07) is 4.00. The summed E-state index contributed by atoms with van der Waals surface area (Å²) in [4.78, 5) is 18.9. The molecule has 0 radical (unpaired) electrons. The summed E-state index contributed by atoms with van der Waals surface area (Å²) < 4.78 is 14.0. The van der Waals surface area contributed by atoms with Crippen molar-refractivity contribution in [3.8, 4) is 0 Å². The fourth-order valence-corrected chi connectivity index (χ4v) is 3.71. The summed E-state index contributed by atoms with van der Waals surface area (Å²) >= 11 is 0. The Kier molecular flexibility index (Phi) is 9.81. The van der Waals surface area contributed by atoms with E-state index in [1.165, 1.54) is 12.0 Å². The van der Waals surface area contributed by atoms with Crippen LogP contribution in [0.25, 0.3) is 0 Å². The van der Waals surface area contributed by atoms with Crippen molar-refractivity contribution in [1.29, 1.82) is 0 Å². The standard InChI is InChI=1S/C20H28FN3O.2C2H6/c1-13-11-16(14-5-4-6-14)17(18(22)23-3)12-15(13)19(25)24-9-7-20(2,21)8-10-24;2*1-2/h11-12,14H,4-10H2,1-3H3,(H2,22,23);2*1-2H3. The third-order valence-electron chi connectivity index (χ3n) is 5.78. The molecule has 2 fully saturated rings. The van der Waals surface area contributed by atoms with E-state index < -0.39 is 5.67 Å². The zero-order valence-electron chi connectivity index (χ0n) is 19.4. The highest BCUT2D eigenvalue weighted by molar-refractivity contribution is 6.03. The first-order valence-electron chi connectivity index (χ1n) is 11.2. The molecule has 1 aromatic rings. The van der Waals surface area contributed by atoms with Crippen LogP contribution in [0, 0.1) is 6.92 Å². The van der Waals surface area contributed by atoms with E-state index in [4.69, 9.17) is 5.73 Å². The SMILES string of the molecule is CC.CC.CN=C(N)c1cc(C(=O)N2CCC(C)(F)CC2)c(C)cc1C1CCC1. The van der Waals surface area contributed by atoms with Gasteiger partial charge in [-0.25, -0.2) is 4.39 Å². The number of nitrogens with zero attached hydrogens (tertiary/aromatic N) is 2. The Morgan fingerprint density at radius 1 is 1.14 bits per heavy atom. The molecule has 0 atom stereocenters. The minimum absolute atomic E-state index is 0.0293. The van der Waals surface area contributed by atoms with E-state index in [2.05, 4.69) is 11.1 Å². The van der Waals surface area contributed by atoms with Crippen molar-refractivity contribution in [2.24, 2.45) is 10.7 Å². The first-order chi connectivity index (χ1) is 13.8. The van der Waals surface area contributed by atoms with E-state index in [-0.39, 0.29) is 5.91 Å². The highest BCUT2D eigenvalue weighted by Crippen LogP contribution is 2.39. The number of carbonyl (C=O) groups excluding carboxylic acids is 1. The Hall–Kier alpha value is -1.91. The molecule has 0 bridgehead atoms. The average molecular weight is 406 g/mol. The second-order valence-electron chi connectivity index (χ2n) is 7.70.